The number of amides is 1. The van der Waals surface area contributed by atoms with Crippen LogP contribution in [-0.2, 0) is 12.8 Å². The van der Waals surface area contributed by atoms with Crippen LogP contribution in [-0.4, -0.2) is 22.1 Å². The van der Waals surface area contributed by atoms with Crippen molar-refractivity contribution >= 4 is 28.2 Å². The van der Waals surface area contributed by atoms with E-state index in [1.165, 1.54) is 17.5 Å². The standard InChI is InChI=1S/C13H12N2O4S/c1-6-8(5-14-19-6)11(16)15-12-10(13(17)18)7-3-2-4-9(7)20-12/h5H,2-4H2,1H3,(H,15,16)(H,17,18). The number of aromatic nitrogens is 1. The Morgan fingerprint density at radius 1 is 1.45 bits per heavy atom. The van der Waals surface area contributed by atoms with Crippen molar-refractivity contribution < 1.29 is 19.2 Å². The van der Waals surface area contributed by atoms with Crippen molar-refractivity contribution in [2.24, 2.45) is 0 Å². The molecule has 1 aliphatic rings. The summed E-state index contributed by atoms with van der Waals surface area (Å²) in [6.07, 6.45) is 3.94. The molecule has 7 heteroatoms. The van der Waals surface area contributed by atoms with Crippen LogP contribution in [0.3, 0.4) is 0 Å². The SMILES string of the molecule is Cc1oncc1C(=O)Nc1sc2c(c1C(=O)O)CCC2. The molecule has 0 aliphatic heterocycles. The van der Waals surface area contributed by atoms with Crippen molar-refractivity contribution in [3.8, 4) is 0 Å². The summed E-state index contributed by atoms with van der Waals surface area (Å²) in [6.45, 7) is 1.63. The van der Waals surface area contributed by atoms with Crippen molar-refractivity contribution in [1.29, 1.82) is 0 Å². The first-order valence-corrected chi connectivity index (χ1v) is 7.00. The lowest BCUT2D eigenvalue weighted by Gasteiger charge is -2.04. The normalized spacial score (nSPS) is 13.2. The summed E-state index contributed by atoms with van der Waals surface area (Å²) in [5.41, 5.74) is 1.40. The van der Waals surface area contributed by atoms with Crippen LogP contribution in [0.1, 0.15) is 43.3 Å². The van der Waals surface area contributed by atoms with Crippen LogP contribution in [0.2, 0.25) is 0 Å². The number of rotatable bonds is 3. The van der Waals surface area contributed by atoms with Gasteiger partial charge >= 0.3 is 5.97 Å². The topological polar surface area (TPSA) is 92.4 Å². The molecule has 0 spiro atoms. The minimum atomic E-state index is -0.998. The number of aromatic carboxylic acids is 1. The molecule has 0 atom stereocenters. The molecule has 3 rings (SSSR count). The number of nitrogens with zero attached hydrogens (tertiary/aromatic N) is 1. The highest BCUT2D eigenvalue weighted by Crippen LogP contribution is 2.39. The lowest BCUT2D eigenvalue weighted by atomic mass is 10.1. The zero-order valence-corrected chi connectivity index (χ0v) is 11.5. The van der Waals surface area contributed by atoms with E-state index in [0.717, 1.165) is 29.7 Å². The van der Waals surface area contributed by atoms with E-state index in [2.05, 4.69) is 10.5 Å². The average molecular weight is 292 g/mol. The molecule has 20 heavy (non-hydrogen) atoms. The maximum absolute atomic E-state index is 12.1. The van der Waals surface area contributed by atoms with Crippen LogP contribution in [0.4, 0.5) is 5.00 Å². The average Bonchev–Trinajstić information content (AvgIpc) is 3.03. The minimum Gasteiger partial charge on any atom is -0.478 e. The van der Waals surface area contributed by atoms with E-state index < -0.39 is 11.9 Å². The fourth-order valence-corrected chi connectivity index (χ4v) is 3.68. The van der Waals surface area contributed by atoms with Gasteiger partial charge in [-0.1, -0.05) is 5.16 Å². The lowest BCUT2D eigenvalue weighted by molar-refractivity contribution is 0.0697. The molecule has 2 aromatic rings. The summed E-state index contributed by atoms with van der Waals surface area (Å²) < 4.78 is 4.84. The highest BCUT2D eigenvalue weighted by Gasteiger charge is 2.27. The van der Waals surface area contributed by atoms with Gasteiger partial charge in [-0.3, -0.25) is 4.79 Å². The number of fused-ring (bicyclic) bond motifs is 1. The van der Waals surface area contributed by atoms with Gasteiger partial charge in [0.2, 0.25) is 0 Å². The fourth-order valence-electron chi connectivity index (χ4n) is 2.41. The Morgan fingerprint density at radius 3 is 2.90 bits per heavy atom. The molecule has 0 fully saturated rings. The number of aryl methyl sites for hydroxylation is 2. The van der Waals surface area contributed by atoms with Gasteiger partial charge in [0.05, 0.1) is 11.8 Å². The van der Waals surface area contributed by atoms with Gasteiger partial charge in [0.25, 0.3) is 5.91 Å². The predicted octanol–water partition coefficient (Wildman–Crippen LogP) is 2.48. The third kappa shape index (κ3) is 2.00. The van der Waals surface area contributed by atoms with Crippen molar-refractivity contribution in [3.05, 3.63) is 33.5 Å². The number of carbonyl (C=O) groups excluding carboxylic acids is 1. The van der Waals surface area contributed by atoms with Gasteiger partial charge in [0, 0.05) is 4.88 Å². The molecule has 1 amide bonds. The molecule has 0 saturated carbocycles. The van der Waals surface area contributed by atoms with Gasteiger partial charge in [-0.2, -0.15) is 0 Å². The highest BCUT2D eigenvalue weighted by molar-refractivity contribution is 7.17. The molecule has 6 nitrogen and oxygen atoms in total. The Kier molecular flexibility index (Phi) is 3.06. The van der Waals surface area contributed by atoms with Crippen molar-refractivity contribution in [2.75, 3.05) is 5.32 Å². The predicted molar refractivity (Wildman–Crippen MR) is 72.5 cm³/mol. The number of thiophene rings is 1. The first kappa shape index (κ1) is 12.9. The molecule has 2 aromatic heterocycles. The summed E-state index contributed by atoms with van der Waals surface area (Å²) in [4.78, 5) is 24.6. The summed E-state index contributed by atoms with van der Waals surface area (Å²) in [5, 5.41) is 15.9. The lowest BCUT2D eigenvalue weighted by Crippen LogP contribution is -2.14. The second-order valence-electron chi connectivity index (χ2n) is 4.62. The van der Waals surface area contributed by atoms with E-state index in [9.17, 15) is 14.7 Å². The van der Waals surface area contributed by atoms with E-state index in [0.29, 0.717) is 16.3 Å². The maximum atomic E-state index is 12.1. The molecule has 0 unspecified atom stereocenters. The zero-order chi connectivity index (χ0) is 14.3. The number of carboxylic acids is 1. The van der Waals surface area contributed by atoms with Crippen LogP contribution in [0.15, 0.2) is 10.7 Å². The van der Waals surface area contributed by atoms with Gasteiger partial charge in [-0.05, 0) is 31.7 Å². The molecular weight excluding hydrogens is 280 g/mol. The Bertz CT molecular complexity index is 701. The summed E-state index contributed by atoms with van der Waals surface area (Å²) in [6, 6.07) is 0. The van der Waals surface area contributed by atoms with E-state index in [1.54, 1.807) is 6.92 Å². The number of anilines is 1. The van der Waals surface area contributed by atoms with Gasteiger partial charge in [0.15, 0.2) is 0 Å². The largest absolute Gasteiger partial charge is 0.478 e. The summed E-state index contributed by atoms with van der Waals surface area (Å²) in [5.74, 6) is -0.989. The number of hydrogen-bond donors (Lipinski definition) is 2. The second-order valence-corrected chi connectivity index (χ2v) is 5.72. The van der Waals surface area contributed by atoms with E-state index in [1.807, 2.05) is 0 Å². The van der Waals surface area contributed by atoms with Crippen LogP contribution in [0.5, 0.6) is 0 Å². The number of hydrogen-bond acceptors (Lipinski definition) is 5. The van der Waals surface area contributed by atoms with Crippen molar-refractivity contribution in [2.45, 2.75) is 26.2 Å². The fraction of sp³-hybridized carbons (Fsp3) is 0.308. The Balaban J connectivity index is 1.94. The first-order valence-electron chi connectivity index (χ1n) is 6.18. The molecule has 1 aliphatic carbocycles. The van der Waals surface area contributed by atoms with Gasteiger partial charge in [-0.15, -0.1) is 11.3 Å². The van der Waals surface area contributed by atoms with E-state index in [-0.39, 0.29) is 5.56 Å². The van der Waals surface area contributed by atoms with Gasteiger partial charge in [0.1, 0.15) is 16.3 Å². The first-order chi connectivity index (χ1) is 9.58. The molecule has 0 bridgehead atoms. The highest BCUT2D eigenvalue weighted by atomic mass is 32.1. The van der Waals surface area contributed by atoms with Crippen LogP contribution < -0.4 is 5.32 Å². The Labute approximate surface area is 118 Å². The van der Waals surface area contributed by atoms with Crippen LogP contribution in [0, 0.1) is 6.92 Å². The molecular formula is C13H12N2O4S. The Morgan fingerprint density at radius 2 is 2.25 bits per heavy atom. The molecule has 0 radical (unpaired) electrons. The maximum Gasteiger partial charge on any atom is 0.339 e. The smallest absolute Gasteiger partial charge is 0.339 e. The monoisotopic (exact) mass is 292 g/mol. The number of carbonyl (C=O) groups is 2. The second kappa shape index (κ2) is 4.75. The summed E-state index contributed by atoms with van der Waals surface area (Å²) in [7, 11) is 0. The minimum absolute atomic E-state index is 0.227. The van der Waals surface area contributed by atoms with E-state index in [4.69, 9.17) is 4.52 Å². The summed E-state index contributed by atoms with van der Waals surface area (Å²) >= 11 is 1.34. The molecule has 0 saturated heterocycles. The Hall–Kier alpha value is -2.15. The van der Waals surface area contributed by atoms with E-state index >= 15 is 0 Å². The zero-order valence-electron chi connectivity index (χ0n) is 10.7. The molecule has 2 N–H and O–H groups in total. The van der Waals surface area contributed by atoms with Gasteiger partial charge < -0.3 is 14.9 Å². The third-order valence-electron chi connectivity index (χ3n) is 3.36. The molecule has 104 valence electrons. The van der Waals surface area contributed by atoms with Gasteiger partial charge in [-0.25, -0.2) is 4.79 Å². The van der Waals surface area contributed by atoms with Crippen molar-refractivity contribution in [3.63, 3.8) is 0 Å². The van der Waals surface area contributed by atoms with Crippen molar-refractivity contribution in [1.82, 2.24) is 5.16 Å². The molecule has 0 aromatic carbocycles. The van der Waals surface area contributed by atoms with Crippen LogP contribution in [0.25, 0.3) is 0 Å². The number of nitrogens with one attached hydrogen (secondary N) is 1. The molecule has 2 heterocycles. The number of carboxylic acid groups (broad SMARTS) is 1. The quantitative estimate of drug-likeness (QED) is 0.906. The van der Waals surface area contributed by atoms with Crippen LogP contribution >= 0.6 is 11.3 Å². The third-order valence-corrected chi connectivity index (χ3v) is 4.56.